The zero-order valence-corrected chi connectivity index (χ0v) is 14.2. The quantitative estimate of drug-likeness (QED) is 0.835. The van der Waals surface area contributed by atoms with E-state index >= 15 is 0 Å². The molecule has 8 heteroatoms. The Morgan fingerprint density at radius 2 is 1.74 bits per heavy atom. The molecule has 6 nitrogen and oxygen atoms in total. The van der Waals surface area contributed by atoms with Crippen LogP contribution >= 0.6 is 0 Å². The largest absolute Gasteiger partial charge is 0.368 e. The summed E-state index contributed by atoms with van der Waals surface area (Å²) in [6.45, 7) is -0.0478. The molecule has 0 bridgehead atoms. The average Bonchev–Trinajstić information content (AvgIpc) is 3.01. The van der Waals surface area contributed by atoms with Gasteiger partial charge in [-0.15, -0.1) is 0 Å². The Bertz CT molecular complexity index is 869. The summed E-state index contributed by atoms with van der Waals surface area (Å²) in [5, 5.41) is 2.55. The lowest BCUT2D eigenvalue weighted by molar-refractivity contribution is -0.130. The van der Waals surface area contributed by atoms with Gasteiger partial charge in [0.1, 0.15) is 17.7 Å². The highest BCUT2D eigenvalue weighted by Crippen LogP contribution is 2.27. The number of halogens is 2. The topological polar surface area (TPSA) is 92.5 Å². The lowest BCUT2D eigenvalue weighted by Crippen LogP contribution is -2.41. The molecule has 1 fully saturated rings. The smallest absolute Gasteiger partial charge is 0.244 e. The van der Waals surface area contributed by atoms with E-state index in [1.807, 2.05) is 0 Å². The van der Waals surface area contributed by atoms with E-state index in [0.29, 0.717) is 11.6 Å². The number of anilines is 1. The van der Waals surface area contributed by atoms with E-state index in [0.717, 1.165) is 17.0 Å². The maximum absolute atomic E-state index is 13.4. The van der Waals surface area contributed by atoms with Crippen LogP contribution in [0.3, 0.4) is 0 Å². The Hall–Kier alpha value is -3.29. The van der Waals surface area contributed by atoms with Crippen molar-refractivity contribution in [2.75, 3.05) is 11.4 Å². The molecule has 2 unspecified atom stereocenters. The molecular formula is C19H17F2N3O3. The van der Waals surface area contributed by atoms with Crippen LogP contribution in [-0.2, 0) is 14.4 Å². The number of hydrogen-bond donors (Lipinski definition) is 2. The van der Waals surface area contributed by atoms with Gasteiger partial charge in [0.25, 0.3) is 0 Å². The van der Waals surface area contributed by atoms with Gasteiger partial charge < -0.3 is 16.0 Å². The number of nitrogens with two attached hydrogens (primary N) is 1. The predicted octanol–water partition coefficient (Wildman–Crippen LogP) is 1.66. The van der Waals surface area contributed by atoms with Crippen molar-refractivity contribution in [2.24, 2.45) is 11.7 Å². The molecule has 1 aliphatic heterocycles. The van der Waals surface area contributed by atoms with Crippen molar-refractivity contribution in [2.45, 2.75) is 12.5 Å². The van der Waals surface area contributed by atoms with E-state index < -0.39 is 41.3 Å². The van der Waals surface area contributed by atoms with Gasteiger partial charge in [-0.3, -0.25) is 14.4 Å². The van der Waals surface area contributed by atoms with Gasteiger partial charge in [0.05, 0.1) is 5.92 Å². The van der Waals surface area contributed by atoms with Gasteiger partial charge in [-0.25, -0.2) is 8.78 Å². The van der Waals surface area contributed by atoms with Crippen molar-refractivity contribution in [3.8, 4) is 0 Å². The van der Waals surface area contributed by atoms with Gasteiger partial charge in [0.2, 0.25) is 17.7 Å². The van der Waals surface area contributed by atoms with Gasteiger partial charge in [-0.2, -0.15) is 0 Å². The second-order valence-electron chi connectivity index (χ2n) is 6.29. The Morgan fingerprint density at radius 1 is 1.11 bits per heavy atom. The number of rotatable bonds is 5. The van der Waals surface area contributed by atoms with Gasteiger partial charge in [-0.05, 0) is 17.7 Å². The van der Waals surface area contributed by atoms with Gasteiger partial charge in [-0.1, -0.05) is 30.3 Å². The Labute approximate surface area is 154 Å². The van der Waals surface area contributed by atoms with Crippen LogP contribution in [0.15, 0.2) is 48.5 Å². The monoisotopic (exact) mass is 373 g/mol. The standard InChI is InChI=1S/C19H17F2N3O3/c20-13-7-14(21)9-15(8-13)24-10-12(6-16(24)25)19(27)23-17(18(22)26)11-4-2-1-3-5-11/h1-5,7-9,12,17H,6,10H2,(H2,22,26)(H,23,27). The van der Waals surface area contributed by atoms with Crippen LogP contribution in [0.1, 0.15) is 18.0 Å². The minimum absolute atomic E-state index is 0.0438. The summed E-state index contributed by atoms with van der Waals surface area (Å²) < 4.78 is 26.8. The summed E-state index contributed by atoms with van der Waals surface area (Å²) in [5.74, 6) is -4.10. The molecule has 0 aliphatic carbocycles. The highest BCUT2D eigenvalue weighted by molar-refractivity contribution is 6.01. The Morgan fingerprint density at radius 3 is 2.33 bits per heavy atom. The SMILES string of the molecule is NC(=O)C(NC(=O)C1CC(=O)N(c2cc(F)cc(F)c2)C1)c1ccccc1. The average molecular weight is 373 g/mol. The molecule has 0 spiro atoms. The fourth-order valence-corrected chi connectivity index (χ4v) is 3.05. The first-order valence-corrected chi connectivity index (χ1v) is 8.26. The number of amides is 3. The van der Waals surface area contributed by atoms with Crippen molar-refractivity contribution in [1.82, 2.24) is 5.32 Å². The lowest BCUT2D eigenvalue weighted by atomic mass is 10.0. The summed E-state index contributed by atoms with van der Waals surface area (Å²) in [4.78, 5) is 37.6. The zero-order chi connectivity index (χ0) is 19.6. The van der Waals surface area contributed by atoms with Gasteiger partial charge in [0, 0.05) is 24.7 Å². The zero-order valence-electron chi connectivity index (χ0n) is 14.2. The van der Waals surface area contributed by atoms with Crippen molar-refractivity contribution in [3.63, 3.8) is 0 Å². The van der Waals surface area contributed by atoms with Crippen LogP contribution in [0.5, 0.6) is 0 Å². The fourth-order valence-electron chi connectivity index (χ4n) is 3.05. The molecule has 3 amide bonds. The molecule has 3 rings (SSSR count). The molecule has 0 aromatic heterocycles. The minimum atomic E-state index is -1.03. The second-order valence-corrected chi connectivity index (χ2v) is 6.29. The van der Waals surface area contributed by atoms with Crippen LogP contribution in [0.4, 0.5) is 14.5 Å². The van der Waals surface area contributed by atoms with E-state index in [2.05, 4.69) is 5.32 Å². The number of nitrogens with one attached hydrogen (secondary N) is 1. The van der Waals surface area contributed by atoms with Gasteiger partial charge in [0.15, 0.2) is 0 Å². The Kier molecular flexibility index (Phi) is 5.16. The van der Waals surface area contributed by atoms with Crippen molar-refractivity contribution in [1.29, 1.82) is 0 Å². The predicted molar refractivity (Wildman–Crippen MR) is 93.3 cm³/mol. The molecular weight excluding hydrogens is 356 g/mol. The summed E-state index contributed by atoms with van der Waals surface area (Å²) >= 11 is 0. The summed E-state index contributed by atoms with van der Waals surface area (Å²) in [5.41, 5.74) is 5.94. The molecule has 1 saturated heterocycles. The number of carbonyl (C=O) groups excluding carboxylic acids is 3. The van der Waals surface area contributed by atoms with Crippen LogP contribution in [0, 0.1) is 17.6 Å². The first-order valence-electron chi connectivity index (χ1n) is 8.26. The van der Waals surface area contributed by atoms with Crippen LogP contribution < -0.4 is 16.0 Å². The molecule has 2 atom stereocenters. The van der Waals surface area contributed by atoms with E-state index in [4.69, 9.17) is 5.73 Å². The third-order valence-corrected chi connectivity index (χ3v) is 4.36. The number of benzene rings is 2. The highest BCUT2D eigenvalue weighted by Gasteiger charge is 2.36. The van der Waals surface area contributed by atoms with E-state index in [9.17, 15) is 23.2 Å². The molecule has 1 heterocycles. The molecule has 2 aromatic carbocycles. The summed E-state index contributed by atoms with van der Waals surface area (Å²) in [7, 11) is 0. The summed E-state index contributed by atoms with van der Waals surface area (Å²) in [6.07, 6.45) is -0.135. The number of hydrogen-bond acceptors (Lipinski definition) is 3. The number of primary amides is 1. The normalized spacial score (nSPS) is 17.6. The molecule has 140 valence electrons. The second kappa shape index (κ2) is 7.53. The van der Waals surface area contributed by atoms with Crippen molar-refractivity contribution >= 4 is 23.4 Å². The van der Waals surface area contributed by atoms with Crippen molar-refractivity contribution in [3.05, 3.63) is 65.7 Å². The first kappa shape index (κ1) is 18.5. The third-order valence-electron chi connectivity index (χ3n) is 4.36. The maximum atomic E-state index is 13.4. The molecule has 2 aromatic rings. The maximum Gasteiger partial charge on any atom is 0.244 e. The van der Waals surface area contributed by atoms with E-state index in [1.54, 1.807) is 30.3 Å². The third kappa shape index (κ3) is 4.11. The lowest BCUT2D eigenvalue weighted by Gasteiger charge is -2.19. The van der Waals surface area contributed by atoms with Crippen LogP contribution in [0.25, 0.3) is 0 Å². The number of carbonyl (C=O) groups is 3. The number of nitrogens with zero attached hydrogens (tertiary/aromatic N) is 1. The molecule has 0 saturated carbocycles. The molecule has 27 heavy (non-hydrogen) atoms. The minimum Gasteiger partial charge on any atom is -0.368 e. The highest BCUT2D eigenvalue weighted by atomic mass is 19.1. The van der Waals surface area contributed by atoms with Crippen molar-refractivity contribution < 1.29 is 23.2 Å². The van der Waals surface area contributed by atoms with E-state index in [-0.39, 0.29) is 18.7 Å². The van der Waals surface area contributed by atoms with Gasteiger partial charge >= 0.3 is 0 Å². The first-order chi connectivity index (χ1) is 12.8. The molecule has 0 radical (unpaired) electrons. The Balaban J connectivity index is 1.74. The molecule has 3 N–H and O–H groups in total. The van der Waals surface area contributed by atoms with Crippen LogP contribution in [-0.4, -0.2) is 24.3 Å². The molecule has 1 aliphatic rings. The summed E-state index contributed by atoms with van der Waals surface area (Å²) in [6, 6.07) is 10.2. The fraction of sp³-hybridized carbons (Fsp3) is 0.211. The van der Waals surface area contributed by atoms with Crippen LogP contribution in [0.2, 0.25) is 0 Å². The van der Waals surface area contributed by atoms with E-state index in [1.165, 1.54) is 0 Å².